The number of nitrogens with two attached hydrogens (primary N) is 1. The zero-order valence-electron chi connectivity index (χ0n) is 19.2. The van der Waals surface area contributed by atoms with E-state index in [1.54, 1.807) is 25.1 Å². The summed E-state index contributed by atoms with van der Waals surface area (Å²) in [7, 11) is 1.39. The molecule has 4 aromatic rings. The van der Waals surface area contributed by atoms with Gasteiger partial charge in [0.1, 0.15) is 5.75 Å². The van der Waals surface area contributed by atoms with Crippen LogP contribution >= 0.6 is 0 Å². The zero-order valence-corrected chi connectivity index (χ0v) is 19.2. The zero-order chi connectivity index (χ0) is 26.0. The maximum absolute atomic E-state index is 14.5. The summed E-state index contributed by atoms with van der Waals surface area (Å²) in [6.07, 6.45) is -3.96. The number of alkyl halides is 3. The van der Waals surface area contributed by atoms with Gasteiger partial charge in [0.2, 0.25) is 11.8 Å². The number of nitrogens with one attached hydrogen (secondary N) is 1. The molecule has 0 aliphatic heterocycles. The van der Waals surface area contributed by atoms with Crippen LogP contribution in [0.5, 0.6) is 17.4 Å². The van der Waals surface area contributed by atoms with Crippen LogP contribution in [0.2, 0.25) is 0 Å². The highest BCUT2D eigenvalue weighted by molar-refractivity contribution is 5.94. The fourth-order valence-corrected chi connectivity index (χ4v) is 3.57. The Balaban J connectivity index is 1.78. The van der Waals surface area contributed by atoms with Gasteiger partial charge in [-0.15, -0.1) is 5.10 Å². The van der Waals surface area contributed by atoms with Gasteiger partial charge in [-0.05, 0) is 36.8 Å². The SMILES string of the molecule is COc1ccc(Oc2cc(NCCC(F)(F)F)c3ncc(-c4ccc(C(N)=O)c(C)c4)n3n2)c(F)c1. The van der Waals surface area contributed by atoms with E-state index in [4.69, 9.17) is 15.2 Å². The molecule has 1 amide bonds. The van der Waals surface area contributed by atoms with Gasteiger partial charge in [-0.3, -0.25) is 4.79 Å². The quantitative estimate of drug-likeness (QED) is 0.324. The molecule has 188 valence electrons. The van der Waals surface area contributed by atoms with Crippen LogP contribution in [0.4, 0.5) is 23.2 Å². The van der Waals surface area contributed by atoms with Crippen molar-refractivity contribution in [1.82, 2.24) is 14.6 Å². The normalized spacial score (nSPS) is 11.5. The molecule has 3 N–H and O–H groups in total. The first-order valence-electron chi connectivity index (χ1n) is 10.7. The van der Waals surface area contributed by atoms with Crippen LogP contribution in [0, 0.1) is 12.7 Å². The van der Waals surface area contributed by atoms with Crippen LogP contribution in [-0.4, -0.2) is 40.3 Å². The minimum atomic E-state index is -4.36. The molecule has 2 aromatic heterocycles. The lowest BCUT2D eigenvalue weighted by molar-refractivity contribution is -0.131. The number of hydrogen-bond acceptors (Lipinski definition) is 6. The summed E-state index contributed by atoms with van der Waals surface area (Å²) >= 11 is 0. The summed E-state index contributed by atoms with van der Waals surface area (Å²) in [5.74, 6) is -1.27. The summed E-state index contributed by atoms with van der Waals surface area (Å²) < 4.78 is 64.6. The first-order chi connectivity index (χ1) is 17.1. The van der Waals surface area contributed by atoms with E-state index in [-0.39, 0.29) is 28.7 Å². The van der Waals surface area contributed by atoms with Gasteiger partial charge in [-0.25, -0.2) is 13.9 Å². The Kier molecular flexibility index (Phi) is 6.69. The van der Waals surface area contributed by atoms with Crippen LogP contribution in [0.15, 0.2) is 48.7 Å². The molecule has 0 aliphatic rings. The fraction of sp³-hybridized carbons (Fsp3) is 0.208. The standard InChI is InChI=1S/C24H21F4N5O3/c1-13-9-14(3-5-16(13)22(29)34)19-12-31-23-18(30-8-7-24(26,27)28)11-21(32-33(19)23)36-20-6-4-15(35-2)10-17(20)25/h3-6,9-12,30H,7-8H2,1-2H3,(H2,29,34). The molecular weight excluding hydrogens is 482 g/mol. The number of methoxy groups -OCH3 is 1. The molecule has 0 fully saturated rings. The van der Waals surface area contributed by atoms with E-state index in [2.05, 4.69) is 15.4 Å². The molecule has 2 heterocycles. The summed E-state index contributed by atoms with van der Waals surface area (Å²) in [6.45, 7) is 1.29. The summed E-state index contributed by atoms with van der Waals surface area (Å²) in [5.41, 5.74) is 7.85. The average Bonchev–Trinajstić information content (AvgIpc) is 3.23. The van der Waals surface area contributed by atoms with Crippen molar-refractivity contribution in [3.63, 3.8) is 0 Å². The number of anilines is 1. The van der Waals surface area contributed by atoms with Gasteiger partial charge in [0.05, 0.1) is 31.1 Å². The number of fused-ring (bicyclic) bond motifs is 1. The average molecular weight is 503 g/mol. The summed E-state index contributed by atoms with van der Waals surface area (Å²) in [4.78, 5) is 15.9. The Morgan fingerprint density at radius 2 is 1.94 bits per heavy atom. The Bertz CT molecular complexity index is 1440. The predicted octanol–water partition coefficient (Wildman–Crippen LogP) is 5.11. The van der Waals surface area contributed by atoms with Crippen molar-refractivity contribution in [2.24, 2.45) is 5.73 Å². The van der Waals surface area contributed by atoms with E-state index in [9.17, 15) is 22.4 Å². The van der Waals surface area contributed by atoms with Gasteiger partial charge in [0, 0.05) is 29.8 Å². The van der Waals surface area contributed by atoms with E-state index in [1.807, 2.05) is 0 Å². The number of primary amides is 1. The lowest BCUT2D eigenvalue weighted by atomic mass is 10.0. The minimum Gasteiger partial charge on any atom is -0.497 e. The highest BCUT2D eigenvalue weighted by Gasteiger charge is 2.26. The first kappa shape index (κ1) is 24.8. The topological polar surface area (TPSA) is 104 Å². The number of ether oxygens (including phenoxy) is 2. The number of carbonyl (C=O) groups excluding carboxylic acids is 1. The molecule has 0 radical (unpaired) electrons. The number of nitrogens with zero attached hydrogens (tertiary/aromatic N) is 3. The molecular formula is C24H21F4N5O3. The van der Waals surface area contributed by atoms with E-state index in [0.717, 1.165) is 6.07 Å². The van der Waals surface area contributed by atoms with Crippen LogP contribution < -0.4 is 20.5 Å². The number of rotatable bonds is 8. The van der Waals surface area contributed by atoms with Crippen LogP contribution in [0.3, 0.4) is 0 Å². The number of halogens is 4. The summed E-state index contributed by atoms with van der Waals surface area (Å²) in [5, 5.41) is 7.08. The number of aryl methyl sites for hydroxylation is 1. The molecule has 12 heteroatoms. The van der Waals surface area contributed by atoms with Crippen molar-refractivity contribution in [3.8, 4) is 28.6 Å². The Morgan fingerprint density at radius 3 is 2.58 bits per heavy atom. The highest BCUT2D eigenvalue weighted by Crippen LogP contribution is 2.32. The first-order valence-corrected chi connectivity index (χ1v) is 10.7. The van der Waals surface area contributed by atoms with Crippen LogP contribution in [0.25, 0.3) is 16.9 Å². The van der Waals surface area contributed by atoms with Gasteiger partial charge in [0.25, 0.3) is 0 Å². The number of benzene rings is 2. The maximum atomic E-state index is 14.5. The number of aromatic nitrogens is 3. The van der Waals surface area contributed by atoms with Gasteiger partial charge in [-0.2, -0.15) is 13.2 Å². The van der Waals surface area contributed by atoms with Gasteiger partial charge >= 0.3 is 6.18 Å². The third-order valence-corrected chi connectivity index (χ3v) is 5.31. The molecule has 0 bridgehead atoms. The van der Waals surface area contributed by atoms with E-state index >= 15 is 0 Å². The fourth-order valence-electron chi connectivity index (χ4n) is 3.57. The lowest BCUT2D eigenvalue weighted by Crippen LogP contribution is -2.15. The van der Waals surface area contributed by atoms with Crippen LogP contribution in [-0.2, 0) is 0 Å². The third kappa shape index (κ3) is 5.32. The molecule has 0 atom stereocenters. The third-order valence-electron chi connectivity index (χ3n) is 5.31. The van der Waals surface area contributed by atoms with Gasteiger partial charge in [-0.1, -0.05) is 6.07 Å². The number of amides is 1. The molecule has 0 saturated heterocycles. The van der Waals surface area contributed by atoms with Crippen LogP contribution in [0.1, 0.15) is 22.3 Å². The molecule has 4 rings (SSSR count). The van der Waals surface area contributed by atoms with Crippen molar-refractivity contribution in [2.75, 3.05) is 19.0 Å². The van der Waals surface area contributed by atoms with E-state index < -0.39 is 30.9 Å². The van der Waals surface area contributed by atoms with Crippen molar-refractivity contribution < 1.29 is 31.8 Å². The number of imidazole rings is 1. The largest absolute Gasteiger partial charge is 0.497 e. The molecule has 2 aromatic carbocycles. The van der Waals surface area contributed by atoms with Crippen molar-refractivity contribution in [3.05, 3.63) is 65.6 Å². The molecule has 0 aliphatic carbocycles. The smallest absolute Gasteiger partial charge is 0.390 e. The number of hydrogen-bond donors (Lipinski definition) is 2. The molecule has 0 unspecified atom stereocenters. The monoisotopic (exact) mass is 503 g/mol. The Hall–Kier alpha value is -4.35. The van der Waals surface area contributed by atoms with E-state index in [1.165, 1.54) is 36.0 Å². The Labute approximate surface area is 202 Å². The molecule has 8 nitrogen and oxygen atoms in total. The highest BCUT2D eigenvalue weighted by atomic mass is 19.4. The minimum absolute atomic E-state index is 0.0918. The predicted molar refractivity (Wildman–Crippen MR) is 124 cm³/mol. The van der Waals surface area contributed by atoms with E-state index in [0.29, 0.717) is 22.4 Å². The molecule has 0 spiro atoms. The van der Waals surface area contributed by atoms with Gasteiger partial charge in [0.15, 0.2) is 17.2 Å². The van der Waals surface area contributed by atoms with Crippen molar-refractivity contribution in [2.45, 2.75) is 19.5 Å². The molecule has 36 heavy (non-hydrogen) atoms. The van der Waals surface area contributed by atoms with Crippen molar-refractivity contribution >= 4 is 17.2 Å². The lowest BCUT2D eigenvalue weighted by Gasteiger charge is -2.13. The Morgan fingerprint density at radius 1 is 1.17 bits per heavy atom. The second-order valence-electron chi connectivity index (χ2n) is 7.86. The van der Waals surface area contributed by atoms with Gasteiger partial charge < -0.3 is 20.5 Å². The number of carbonyl (C=O) groups is 1. The second-order valence-corrected chi connectivity index (χ2v) is 7.86. The maximum Gasteiger partial charge on any atom is 0.390 e. The van der Waals surface area contributed by atoms with Crippen molar-refractivity contribution in [1.29, 1.82) is 0 Å². The molecule has 0 saturated carbocycles. The summed E-state index contributed by atoms with van der Waals surface area (Å²) in [6, 6.07) is 10.2. The second kappa shape index (κ2) is 9.72.